The summed E-state index contributed by atoms with van der Waals surface area (Å²) in [5.41, 5.74) is 0. The van der Waals surface area contributed by atoms with Crippen molar-refractivity contribution in [1.29, 1.82) is 0 Å². The van der Waals surface area contributed by atoms with E-state index in [1.807, 2.05) is 6.92 Å². The molecule has 0 saturated carbocycles. The first-order valence-corrected chi connectivity index (χ1v) is 3.58. The first kappa shape index (κ1) is 6.66. The van der Waals surface area contributed by atoms with Crippen LogP contribution in [-0.2, 0) is 4.74 Å². The van der Waals surface area contributed by atoms with Crippen molar-refractivity contribution in [2.75, 3.05) is 5.88 Å². The van der Waals surface area contributed by atoms with E-state index in [4.69, 9.17) is 27.9 Å². The van der Waals surface area contributed by atoms with Crippen molar-refractivity contribution in [2.45, 2.75) is 24.5 Å². The van der Waals surface area contributed by atoms with Gasteiger partial charge in [0.2, 0.25) is 0 Å². The zero-order valence-electron chi connectivity index (χ0n) is 4.60. The molecule has 0 aromatic rings. The molecule has 0 radical (unpaired) electrons. The quantitative estimate of drug-likeness (QED) is 0.436. The lowest BCUT2D eigenvalue weighted by molar-refractivity contribution is 0.378. The molecule has 0 N–H and O–H groups in total. The molecule has 3 unspecified atom stereocenters. The zero-order chi connectivity index (χ0) is 6.15. The zero-order valence-corrected chi connectivity index (χ0v) is 6.12. The molecule has 0 spiro atoms. The van der Waals surface area contributed by atoms with Gasteiger partial charge in [0.1, 0.15) is 6.10 Å². The van der Waals surface area contributed by atoms with Crippen LogP contribution in [0.2, 0.25) is 0 Å². The Kier molecular flexibility index (Phi) is 2.02. The van der Waals surface area contributed by atoms with Crippen LogP contribution in [0.1, 0.15) is 6.92 Å². The van der Waals surface area contributed by atoms with Crippen LogP contribution >= 0.6 is 23.2 Å². The summed E-state index contributed by atoms with van der Waals surface area (Å²) >= 11 is 11.1. The highest BCUT2D eigenvalue weighted by Crippen LogP contribution is 2.28. The minimum atomic E-state index is 0.110. The van der Waals surface area contributed by atoms with Gasteiger partial charge in [-0.1, -0.05) is 0 Å². The Morgan fingerprint density at radius 3 is 2.50 bits per heavy atom. The van der Waals surface area contributed by atoms with E-state index in [1.165, 1.54) is 0 Å². The van der Waals surface area contributed by atoms with Crippen molar-refractivity contribution in [3.8, 4) is 0 Å². The minimum Gasteiger partial charge on any atom is -0.367 e. The molecule has 3 heteroatoms. The smallest absolute Gasteiger partial charge is 0.101 e. The van der Waals surface area contributed by atoms with Crippen LogP contribution in [0.5, 0.6) is 0 Å². The Morgan fingerprint density at radius 2 is 2.38 bits per heavy atom. The molecule has 1 saturated heterocycles. The second-order valence-electron chi connectivity index (χ2n) is 1.97. The van der Waals surface area contributed by atoms with E-state index in [0.717, 1.165) is 0 Å². The molecule has 1 rings (SSSR count). The normalized spacial score (nSPS) is 39.4. The molecule has 0 amide bonds. The van der Waals surface area contributed by atoms with Gasteiger partial charge in [-0.15, -0.1) is 23.2 Å². The predicted molar refractivity (Wildman–Crippen MR) is 34.7 cm³/mol. The molecule has 1 aliphatic heterocycles. The average molecular weight is 155 g/mol. The van der Waals surface area contributed by atoms with Gasteiger partial charge in [0.05, 0.1) is 17.4 Å². The molecule has 1 nitrogen and oxygen atoms in total. The topological polar surface area (TPSA) is 12.5 Å². The molecular formula is C5H8Cl2O. The number of hydrogen-bond donors (Lipinski definition) is 0. The summed E-state index contributed by atoms with van der Waals surface area (Å²) in [7, 11) is 0. The van der Waals surface area contributed by atoms with Crippen molar-refractivity contribution < 1.29 is 4.74 Å². The fourth-order valence-electron chi connectivity index (χ4n) is 0.685. The summed E-state index contributed by atoms with van der Waals surface area (Å²) in [5.74, 6) is 0.571. The Bertz CT molecular complexity index is 84.5. The number of alkyl halides is 2. The molecular weight excluding hydrogens is 147 g/mol. The average Bonchev–Trinajstić information content (AvgIpc) is 2.42. The van der Waals surface area contributed by atoms with Gasteiger partial charge in [-0.2, -0.15) is 0 Å². The number of ether oxygens (including phenoxy) is 1. The molecule has 8 heavy (non-hydrogen) atoms. The molecule has 0 aromatic carbocycles. The van der Waals surface area contributed by atoms with Crippen molar-refractivity contribution in [1.82, 2.24) is 0 Å². The Balaban J connectivity index is 2.16. The van der Waals surface area contributed by atoms with E-state index >= 15 is 0 Å². The second kappa shape index (κ2) is 2.42. The van der Waals surface area contributed by atoms with Crippen LogP contribution in [0.3, 0.4) is 0 Å². The van der Waals surface area contributed by atoms with Crippen LogP contribution in [-0.4, -0.2) is 23.5 Å². The maximum absolute atomic E-state index is 5.67. The summed E-state index contributed by atoms with van der Waals surface area (Å²) in [5, 5.41) is 0.110. The summed E-state index contributed by atoms with van der Waals surface area (Å²) < 4.78 is 5.06. The lowest BCUT2D eigenvalue weighted by Crippen LogP contribution is -2.05. The summed E-state index contributed by atoms with van der Waals surface area (Å²) in [6, 6.07) is 0. The van der Waals surface area contributed by atoms with Crippen LogP contribution in [0, 0.1) is 0 Å². The number of epoxide rings is 1. The van der Waals surface area contributed by atoms with Gasteiger partial charge in [0.25, 0.3) is 0 Å². The fourth-order valence-corrected chi connectivity index (χ4v) is 1.15. The summed E-state index contributed by atoms with van der Waals surface area (Å²) in [6.45, 7) is 1.92. The van der Waals surface area contributed by atoms with Crippen molar-refractivity contribution in [3.05, 3.63) is 0 Å². The first-order valence-electron chi connectivity index (χ1n) is 2.61. The molecule has 0 aromatic heterocycles. The van der Waals surface area contributed by atoms with E-state index < -0.39 is 0 Å². The highest BCUT2D eigenvalue weighted by molar-refractivity contribution is 6.21. The highest BCUT2D eigenvalue weighted by Gasteiger charge is 2.41. The van der Waals surface area contributed by atoms with Gasteiger partial charge in [0, 0.05) is 0 Å². The third-order valence-corrected chi connectivity index (χ3v) is 1.78. The van der Waals surface area contributed by atoms with Crippen molar-refractivity contribution >= 4 is 23.2 Å². The number of halogens is 2. The van der Waals surface area contributed by atoms with E-state index in [0.29, 0.717) is 5.88 Å². The minimum absolute atomic E-state index is 0.110. The molecule has 1 aliphatic rings. The highest BCUT2D eigenvalue weighted by atomic mass is 35.5. The monoisotopic (exact) mass is 154 g/mol. The van der Waals surface area contributed by atoms with Crippen LogP contribution in [0.15, 0.2) is 0 Å². The van der Waals surface area contributed by atoms with E-state index in [9.17, 15) is 0 Å². The third kappa shape index (κ3) is 1.28. The number of hydrogen-bond acceptors (Lipinski definition) is 1. The number of rotatable bonds is 2. The largest absolute Gasteiger partial charge is 0.367 e. The maximum Gasteiger partial charge on any atom is 0.101 e. The Labute approximate surface area is 58.9 Å². The van der Waals surface area contributed by atoms with Gasteiger partial charge in [0.15, 0.2) is 0 Å². The molecule has 1 fully saturated rings. The van der Waals surface area contributed by atoms with E-state index in [-0.39, 0.29) is 17.6 Å². The molecule has 0 bridgehead atoms. The van der Waals surface area contributed by atoms with Crippen LogP contribution < -0.4 is 0 Å². The molecule has 0 aliphatic carbocycles. The summed E-state index contributed by atoms with van der Waals surface area (Å²) in [4.78, 5) is 0. The third-order valence-electron chi connectivity index (χ3n) is 1.23. The SMILES string of the molecule is CC(Cl)C1OC1CCl. The van der Waals surface area contributed by atoms with E-state index in [2.05, 4.69) is 0 Å². The van der Waals surface area contributed by atoms with Crippen LogP contribution in [0.25, 0.3) is 0 Å². The second-order valence-corrected chi connectivity index (χ2v) is 2.97. The lowest BCUT2D eigenvalue weighted by Gasteiger charge is -1.90. The summed E-state index contributed by atoms with van der Waals surface area (Å²) in [6.07, 6.45) is 0.443. The van der Waals surface area contributed by atoms with Gasteiger partial charge in [-0.3, -0.25) is 0 Å². The first-order chi connectivity index (χ1) is 3.75. The molecule has 3 atom stereocenters. The Morgan fingerprint density at radius 1 is 1.75 bits per heavy atom. The molecule has 48 valence electrons. The van der Waals surface area contributed by atoms with Gasteiger partial charge >= 0.3 is 0 Å². The standard InChI is InChI=1S/C5H8Cl2O/c1-3(7)5-4(2-6)8-5/h3-5H,2H2,1H3. The van der Waals surface area contributed by atoms with Crippen LogP contribution in [0.4, 0.5) is 0 Å². The van der Waals surface area contributed by atoms with Gasteiger partial charge < -0.3 is 4.74 Å². The fraction of sp³-hybridized carbons (Fsp3) is 1.00. The maximum atomic E-state index is 5.67. The van der Waals surface area contributed by atoms with Crippen molar-refractivity contribution in [3.63, 3.8) is 0 Å². The van der Waals surface area contributed by atoms with Gasteiger partial charge in [-0.05, 0) is 6.92 Å². The molecule has 1 heterocycles. The van der Waals surface area contributed by atoms with Crippen molar-refractivity contribution in [2.24, 2.45) is 0 Å². The predicted octanol–water partition coefficient (Wildman–Crippen LogP) is 1.62. The Hall–Kier alpha value is 0.540. The lowest BCUT2D eigenvalue weighted by atomic mass is 10.3. The van der Waals surface area contributed by atoms with Gasteiger partial charge in [-0.25, -0.2) is 0 Å². The van der Waals surface area contributed by atoms with E-state index in [1.54, 1.807) is 0 Å².